The molecule has 0 radical (unpaired) electrons. The lowest BCUT2D eigenvalue weighted by molar-refractivity contribution is -0.314. The van der Waals surface area contributed by atoms with Crippen LogP contribution in [0.3, 0.4) is 0 Å². The normalized spacial score (nSPS) is 28.1. The monoisotopic (exact) mass is 400 g/mol. The Labute approximate surface area is 161 Å². The Hall–Kier alpha value is -1.96. The van der Waals surface area contributed by atoms with Gasteiger partial charge in [0.1, 0.15) is 5.82 Å². The molecule has 1 fully saturated rings. The van der Waals surface area contributed by atoms with Gasteiger partial charge in [0, 0.05) is 11.3 Å². The molecule has 1 aliphatic heterocycles. The van der Waals surface area contributed by atoms with E-state index in [1.165, 1.54) is 0 Å². The van der Waals surface area contributed by atoms with Crippen LogP contribution in [0.4, 0.5) is 17.6 Å². The standard InChI is InChI=1S/C20H24F4N2O2/c1-4-18(2,3)13-7-10-16-15(11-13)19(28,20(22,23)24)26(25-16)17(27)12-5-8-14(21)9-6-12/h5-6,8-9,13,15,28H,4,7,10-11H2,1-3H3/t13-,15+,19+/m1/s1. The molecule has 154 valence electrons. The summed E-state index contributed by atoms with van der Waals surface area (Å²) in [7, 11) is 0. The van der Waals surface area contributed by atoms with Gasteiger partial charge in [0.05, 0.1) is 5.92 Å². The largest absolute Gasteiger partial charge is 0.439 e. The fraction of sp³-hybridized carbons (Fsp3) is 0.600. The average Bonchev–Trinajstić information content (AvgIpc) is 2.95. The average molecular weight is 400 g/mol. The third-order valence-electron chi connectivity index (χ3n) is 6.43. The summed E-state index contributed by atoms with van der Waals surface area (Å²) in [5, 5.41) is 14.9. The third kappa shape index (κ3) is 3.21. The number of fused-ring (bicyclic) bond motifs is 1. The summed E-state index contributed by atoms with van der Waals surface area (Å²) in [4.78, 5) is 12.7. The van der Waals surface area contributed by atoms with Crippen LogP contribution in [0.1, 0.15) is 56.8 Å². The molecule has 1 heterocycles. The molecule has 1 aliphatic carbocycles. The van der Waals surface area contributed by atoms with Gasteiger partial charge in [0.15, 0.2) is 0 Å². The summed E-state index contributed by atoms with van der Waals surface area (Å²) < 4.78 is 55.2. The maximum absolute atomic E-state index is 14.0. The molecule has 1 N–H and O–H groups in total. The maximum Gasteiger partial charge on any atom is 0.439 e. The second-order valence-corrected chi connectivity index (χ2v) is 8.31. The maximum atomic E-state index is 14.0. The minimum absolute atomic E-state index is 0.0313. The van der Waals surface area contributed by atoms with Crippen LogP contribution in [0.15, 0.2) is 29.4 Å². The Bertz CT molecular complexity index is 788. The van der Waals surface area contributed by atoms with Crippen molar-refractivity contribution in [1.82, 2.24) is 5.01 Å². The lowest BCUT2D eigenvalue weighted by Crippen LogP contribution is -2.62. The summed E-state index contributed by atoms with van der Waals surface area (Å²) in [6, 6.07) is 4.13. The van der Waals surface area contributed by atoms with E-state index in [9.17, 15) is 27.5 Å². The first-order valence-corrected chi connectivity index (χ1v) is 9.38. The summed E-state index contributed by atoms with van der Waals surface area (Å²) >= 11 is 0. The minimum atomic E-state index is -5.09. The van der Waals surface area contributed by atoms with E-state index in [0.29, 0.717) is 12.8 Å². The number of aliphatic hydroxyl groups is 1. The Morgan fingerprint density at radius 1 is 1.29 bits per heavy atom. The van der Waals surface area contributed by atoms with Crippen molar-refractivity contribution in [2.75, 3.05) is 0 Å². The van der Waals surface area contributed by atoms with E-state index in [1.807, 2.05) is 20.8 Å². The Balaban J connectivity index is 2.00. The van der Waals surface area contributed by atoms with Crippen molar-refractivity contribution in [3.8, 4) is 0 Å². The fourth-order valence-corrected chi connectivity index (χ4v) is 4.13. The fourth-order valence-electron chi connectivity index (χ4n) is 4.13. The zero-order valence-corrected chi connectivity index (χ0v) is 16.1. The molecular weight excluding hydrogens is 376 g/mol. The first-order chi connectivity index (χ1) is 12.9. The van der Waals surface area contributed by atoms with Crippen LogP contribution in [-0.4, -0.2) is 33.6 Å². The molecule has 1 saturated carbocycles. The smallest absolute Gasteiger partial charge is 0.362 e. The molecule has 0 bridgehead atoms. The van der Waals surface area contributed by atoms with Crippen molar-refractivity contribution in [3.63, 3.8) is 0 Å². The van der Waals surface area contributed by atoms with Crippen LogP contribution in [-0.2, 0) is 0 Å². The molecule has 8 heteroatoms. The van der Waals surface area contributed by atoms with Crippen LogP contribution in [0.25, 0.3) is 0 Å². The molecule has 0 unspecified atom stereocenters. The highest BCUT2D eigenvalue weighted by atomic mass is 19.4. The zero-order chi connectivity index (χ0) is 20.9. The number of rotatable bonds is 3. The molecule has 4 nitrogen and oxygen atoms in total. The highest BCUT2D eigenvalue weighted by Gasteiger charge is 2.69. The van der Waals surface area contributed by atoms with E-state index < -0.39 is 29.5 Å². The van der Waals surface area contributed by atoms with Crippen molar-refractivity contribution in [2.45, 2.75) is 58.4 Å². The van der Waals surface area contributed by atoms with E-state index in [4.69, 9.17) is 0 Å². The number of nitrogens with zero attached hydrogens (tertiary/aromatic N) is 2. The number of halogens is 4. The van der Waals surface area contributed by atoms with Gasteiger partial charge in [-0.2, -0.15) is 23.3 Å². The van der Waals surface area contributed by atoms with Gasteiger partial charge in [-0.1, -0.05) is 27.2 Å². The third-order valence-corrected chi connectivity index (χ3v) is 6.43. The molecule has 1 amide bonds. The van der Waals surface area contributed by atoms with E-state index in [-0.39, 0.29) is 34.0 Å². The number of hydrogen-bond acceptors (Lipinski definition) is 3. The summed E-state index contributed by atoms with van der Waals surface area (Å²) in [6.07, 6.45) is -3.24. The second-order valence-electron chi connectivity index (χ2n) is 8.31. The number of carbonyl (C=O) groups is 1. The van der Waals surface area contributed by atoms with Gasteiger partial charge < -0.3 is 5.11 Å². The van der Waals surface area contributed by atoms with Gasteiger partial charge in [-0.15, -0.1) is 0 Å². The first-order valence-electron chi connectivity index (χ1n) is 9.38. The van der Waals surface area contributed by atoms with Crippen LogP contribution < -0.4 is 0 Å². The van der Waals surface area contributed by atoms with Crippen LogP contribution in [0, 0.1) is 23.1 Å². The van der Waals surface area contributed by atoms with Crippen molar-refractivity contribution in [3.05, 3.63) is 35.6 Å². The predicted molar refractivity (Wildman–Crippen MR) is 95.9 cm³/mol. The first kappa shape index (κ1) is 20.8. The molecule has 1 aromatic carbocycles. The summed E-state index contributed by atoms with van der Waals surface area (Å²) in [5.74, 6) is -3.06. The summed E-state index contributed by atoms with van der Waals surface area (Å²) in [6.45, 7) is 5.99. The van der Waals surface area contributed by atoms with E-state index in [2.05, 4.69) is 5.10 Å². The van der Waals surface area contributed by atoms with Crippen LogP contribution in [0.2, 0.25) is 0 Å². The Morgan fingerprint density at radius 2 is 1.89 bits per heavy atom. The highest BCUT2D eigenvalue weighted by Crippen LogP contribution is 2.52. The van der Waals surface area contributed by atoms with Gasteiger partial charge in [0.25, 0.3) is 11.6 Å². The Morgan fingerprint density at radius 3 is 2.43 bits per heavy atom. The number of hydrazone groups is 1. The molecule has 28 heavy (non-hydrogen) atoms. The summed E-state index contributed by atoms with van der Waals surface area (Å²) in [5.41, 5.74) is -3.57. The molecule has 3 atom stereocenters. The zero-order valence-electron chi connectivity index (χ0n) is 16.1. The van der Waals surface area contributed by atoms with E-state index in [0.717, 1.165) is 30.7 Å². The van der Waals surface area contributed by atoms with Crippen LogP contribution >= 0.6 is 0 Å². The number of benzene rings is 1. The second kappa shape index (κ2) is 6.83. The molecular formula is C20H24F4N2O2. The van der Waals surface area contributed by atoms with Gasteiger partial charge in [-0.3, -0.25) is 4.79 Å². The minimum Gasteiger partial charge on any atom is -0.362 e. The van der Waals surface area contributed by atoms with E-state index in [1.54, 1.807) is 0 Å². The predicted octanol–water partition coefficient (Wildman–Crippen LogP) is 4.74. The number of alkyl halides is 3. The van der Waals surface area contributed by atoms with Crippen molar-refractivity contribution < 1.29 is 27.5 Å². The van der Waals surface area contributed by atoms with Crippen molar-refractivity contribution in [1.29, 1.82) is 0 Å². The topological polar surface area (TPSA) is 52.9 Å². The lowest BCUT2D eigenvalue weighted by atomic mass is 9.64. The molecule has 2 aliphatic rings. The van der Waals surface area contributed by atoms with Crippen molar-refractivity contribution in [2.24, 2.45) is 22.4 Å². The van der Waals surface area contributed by atoms with Gasteiger partial charge in [-0.05, 0) is 54.9 Å². The molecule has 0 spiro atoms. The molecule has 1 aromatic rings. The SMILES string of the molecule is CCC(C)(C)[C@@H]1CCC2=NN(C(=O)c3ccc(F)cc3)[C@@](O)(C(F)(F)F)[C@H]2C1. The number of hydrogen-bond donors (Lipinski definition) is 1. The quantitative estimate of drug-likeness (QED) is 0.745. The lowest BCUT2D eigenvalue weighted by Gasteiger charge is -2.43. The highest BCUT2D eigenvalue weighted by molar-refractivity contribution is 5.99. The van der Waals surface area contributed by atoms with E-state index >= 15 is 0 Å². The Kier molecular flexibility index (Phi) is 5.06. The van der Waals surface area contributed by atoms with Gasteiger partial charge in [0.2, 0.25) is 0 Å². The number of amides is 1. The van der Waals surface area contributed by atoms with Crippen LogP contribution in [0.5, 0.6) is 0 Å². The van der Waals surface area contributed by atoms with Crippen molar-refractivity contribution >= 4 is 11.6 Å². The molecule has 0 saturated heterocycles. The van der Waals surface area contributed by atoms with Gasteiger partial charge in [-0.25, -0.2) is 4.39 Å². The number of carbonyl (C=O) groups excluding carboxylic acids is 1. The molecule has 0 aromatic heterocycles. The molecule has 3 rings (SSSR count). The van der Waals surface area contributed by atoms with Gasteiger partial charge >= 0.3 is 6.18 Å².